The van der Waals surface area contributed by atoms with Crippen LogP contribution >= 0.6 is 11.3 Å². The molecule has 6 heteroatoms. The highest BCUT2D eigenvalue weighted by Gasteiger charge is 2.19. The number of aryl methyl sites for hydroxylation is 1. The van der Waals surface area contributed by atoms with Crippen LogP contribution in [-0.4, -0.2) is 34.4 Å². The highest BCUT2D eigenvalue weighted by atomic mass is 32.1. The maximum absolute atomic E-state index is 12.1. The summed E-state index contributed by atoms with van der Waals surface area (Å²) < 4.78 is 0. The van der Waals surface area contributed by atoms with Crippen molar-refractivity contribution in [3.8, 4) is 0 Å². The van der Waals surface area contributed by atoms with Crippen molar-refractivity contribution in [3.05, 3.63) is 16.9 Å². The van der Waals surface area contributed by atoms with Crippen molar-refractivity contribution in [1.29, 1.82) is 0 Å². The first kappa shape index (κ1) is 11.8. The number of nitrogens with two attached hydrogens (primary N) is 1. The van der Waals surface area contributed by atoms with Crippen LogP contribution in [0.25, 0.3) is 10.2 Å². The molecule has 0 aromatic carbocycles. The minimum Gasteiger partial charge on any atom is -0.397 e. The van der Waals surface area contributed by atoms with Gasteiger partial charge in [-0.25, -0.2) is 9.97 Å². The standard InChI is InChI=1S/C11H14N4OS/c1-4-15(3)11(16)9-8(12)7-5-13-6(2)14-10(7)17-9/h5H,4,12H2,1-3H3. The summed E-state index contributed by atoms with van der Waals surface area (Å²) in [5.74, 6) is 0.618. The molecule has 0 saturated heterocycles. The van der Waals surface area contributed by atoms with Crippen LogP contribution in [0.4, 0.5) is 5.69 Å². The van der Waals surface area contributed by atoms with Crippen LogP contribution in [0, 0.1) is 6.92 Å². The predicted octanol–water partition coefficient (Wildman–Crippen LogP) is 1.67. The van der Waals surface area contributed by atoms with Crippen molar-refractivity contribution in [2.24, 2.45) is 0 Å². The average molecular weight is 250 g/mol. The second-order valence-corrected chi connectivity index (χ2v) is 4.80. The lowest BCUT2D eigenvalue weighted by atomic mass is 10.3. The van der Waals surface area contributed by atoms with E-state index in [1.807, 2.05) is 13.8 Å². The van der Waals surface area contributed by atoms with E-state index >= 15 is 0 Å². The maximum Gasteiger partial charge on any atom is 0.265 e. The maximum atomic E-state index is 12.1. The molecule has 0 bridgehead atoms. The summed E-state index contributed by atoms with van der Waals surface area (Å²) in [5, 5.41) is 0.758. The Morgan fingerprint density at radius 2 is 2.29 bits per heavy atom. The molecule has 2 aromatic rings. The smallest absolute Gasteiger partial charge is 0.265 e. The first-order valence-electron chi connectivity index (χ1n) is 5.31. The predicted molar refractivity (Wildman–Crippen MR) is 69.2 cm³/mol. The zero-order valence-electron chi connectivity index (χ0n) is 10.0. The zero-order valence-corrected chi connectivity index (χ0v) is 10.8. The van der Waals surface area contributed by atoms with Gasteiger partial charge in [-0.15, -0.1) is 11.3 Å². The van der Waals surface area contributed by atoms with E-state index in [2.05, 4.69) is 9.97 Å². The summed E-state index contributed by atoms with van der Waals surface area (Å²) >= 11 is 1.32. The van der Waals surface area contributed by atoms with Gasteiger partial charge in [-0.1, -0.05) is 0 Å². The lowest BCUT2D eigenvalue weighted by Crippen LogP contribution is -2.25. The second kappa shape index (κ2) is 4.29. The molecule has 0 aliphatic heterocycles. The van der Waals surface area contributed by atoms with Gasteiger partial charge in [0, 0.05) is 19.8 Å². The van der Waals surface area contributed by atoms with Gasteiger partial charge in [-0.2, -0.15) is 0 Å². The third kappa shape index (κ3) is 1.95. The monoisotopic (exact) mass is 250 g/mol. The number of hydrogen-bond donors (Lipinski definition) is 1. The van der Waals surface area contributed by atoms with Gasteiger partial charge in [0.25, 0.3) is 5.91 Å². The molecule has 90 valence electrons. The fraction of sp³-hybridized carbons (Fsp3) is 0.364. The number of hydrogen-bond acceptors (Lipinski definition) is 5. The molecule has 2 aromatic heterocycles. The number of anilines is 1. The molecule has 0 aliphatic carbocycles. The third-order valence-electron chi connectivity index (χ3n) is 2.62. The van der Waals surface area contributed by atoms with Gasteiger partial charge in [-0.05, 0) is 13.8 Å². The third-order valence-corrected chi connectivity index (χ3v) is 3.73. The van der Waals surface area contributed by atoms with E-state index in [0.29, 0.717) is 22.9 Å². The van der Waals surface area contributed by atoms with E-state index in [0.717, 1.165) is 10.2 Å². The highest BCUT2D eigenvalue weighted by Crippen LogP contribution is 2.32. The van der Waals surface area contributed by atoms with E-state index in [-0.39, 0.29) is 5.91 Å². The fourth-order valence-electron chi connectivity index (χ4n) is 1.46. The quantitative estimate of drug-likeness (QED) is 0.880. The molecule has 0 unspecified atom stereocenters. The molecule has 2 heterocycles. The lowest BCUT2D eigenvalue weighted by Gasteiger charge is -2.13. The molecule has 0 saturated carbocycles. The van der Waals surface area contributed by atoms with E-state index in [9.17, 15) is 4.79 Å². The Balaban J connectivity index is 2.56. The van der Waals surface area contributed by atoms with Crippen LogP contribution in [-0.2, 0) is 0 Å². The summed E-state index contributed by atoms with van der Waals surface area (Å²) in [4.78, 5) is 23.4. The minimum absolute atomic E-state index is 0.0642. The molecule has 2 N–H and O–H groups in total. The molecule has 0 fully saturated rings. The Kier molecular flexibility index (Phi) is 2.97. The average Bonchev–Trinajstić information content (AvgIpc) is 2.64. The Bertz CT molecular complexity index is 578. The van der Waals surface area contributed by atoms with E-state index < -0.39 is 0 Å². The minimum atomic E-state index is -0.0642. The molecule has 0 atom stereocenters. The largest absolute Gasteiger partial charge is 0.397 e. The van der Waals surface area contributed by atoms with Crippen LogP contribution < -0.4 is 5.73 Å². The molecule has 1 amide bonds. The van der Waals surface area contributed by atoms with Crippen molar-refractivity contribution in [1.82, 2.24) is 14.9 Å². The fourth-order valence-corrected chi connectivity index (χ4v) is 2.57. The van der Waals surface area contributed by atoms with E-state index in [4.69, 9.17) is 5.73 Å². The molecule has 17 heavy (non-hydrogen) atoms. The topological polar surface area (TPSA) is 72.1 Å². The lowest BCUT2D eigenvalue weighted by molar-refractivity contribution is 0.0808. The van der Waals surface area contributed by atoms with Crippen molar-refractivity contribution >= 4 is 33.1 Å². The number of carbonyl (C=O) groups is 1. The Labute approximate surface area is 103 Å². The number of carbonyl (C=O) groups excluding carboxylic acids is 1. The zero-order chi connectivity index (χ0) is 12.6. The SMILES string of the molecule is CCN(C)C(=O)c1sc2nc(C)ncc2c1N. The Morgan fingerprint density at radius 1 is 1.59 bits per heavy atom. The van der Waals surface area contributed by atoms with Crippen molar-refractivity contribution in [2.75, 3.05) is 19.3 Å². The normalized spacial score (nSPS) is 10.8. The van der Waals surface area contributed by atoms with Crippen LogP contribution in [0.3, 0.4) is 0 Å². The first-order valence-corrected chi connectivity index (χ1v) is 6.13. The number of aromatic nitrogens is 2. The van der Waals surface area contributed by atoms with Gasteiger partial charge < -0.3 is 10.6 Å². The summed E-state index contributed by atoms with van der Waals surface area (Å²) in [6.45, 7) is 4.39. The van der Waals surface area contributed by atoms with Crippen LogP contribution in [0.15, 0.2) is 6.20 Å². The molecular weight excluding hydrogens is 236 g/mol. The number of nitrogens with zero attached hydrogens (tertiary/aromatic N) is 3. The van der Waals surface area contributed by atoms with Gasteiger partial charge in [0.2, 0.25) is 0 Å². The van der Waals surface area contributed by atoms with Gasteiger partial charge in [-0.3, -0.25) is 4.79 Å². The summed E-state index contributed by atoms with van der Waals surface area (Å²) in [7, 11) is 1.75. The molecule has 0 radical (unpaired) electrons. The van der Waals surface area contributed by atoms with Crippen LogP contribution in [0.5, 0.6) is 0 Å². The van der Waals surface area contributed by atoms with E-state index in [1.165, 1.54) is 11.3 Å². The van der Waals surface area contributed by atoms with Crippen LogP contribution in [0.1, 0.15) is 22.4 Å². The number of thiophene rings is 1. The van der Waals surface area contributed by atoms with Crippen molar-refractivity contribution in [3.63, 3.8) is 0 Å². The Hall–Kier alpha value is -1.69. The molecular formula is C11H14N4OS. The number of amides is 1. The Morgan fingerprint density at radius 3 is 2.94 bits per heavy atom. The number of fused-ring (bicyclic) bond motifs is 1. The number of rotatable bonds is 2. The molecule has 0 aliphatic rings. The molecule has 5 nitrogen and oxygen atoms in total. The first-order chi connectivity index (χ1) is 8.04. The van der Waals surface area contributed by atoms with Gasteiger partial charge in [0.1, 0.15) is 15.5 Å². The summed E-state index contributed by atoms with van der Waals surface area (Å²) in [5.41, 5.74) is 6.45. The molecule has 0 spiro atoms. The van der Waals surface area contributed by atoms with Gasteiger partial charge >= 0.3 is 0 Å². The summed E-state index contributed by atoms with van der Waals surface area (Å²) in [6.07, 6.45) is 1.67. The van der Waals surface area contributed by atoms with Gasteiger partial charge in [0.05, 0.1) is 11.1 Å². The summed E-state index contributed by atoms with van der Waals surface area (Å²) in [6, 6.07) is 0. The van der Waals surface area contributed by atoms with Gasteiger partial charge in [0.15, 0.2) is 0 Å². The van der Waals surface area contributed by atoms with Crippen molar-refractivity contribution < 1.29 is 4.79 Å². The van der Waals surface area contributed by atoms with Crippen molar-refractivity contribution in [2.45, 2.75) is 13.8 Å². The number of nitrogen functional groups attached to an aromatic ring is 1. The molecule has 2 rings (SSSR count). The second-order valence-electron chi connectivity index (χ2n) is 3.80. The highest BCUT2D eigenvalue weighted by molar-refractivity contribution is 7.21. The van der Waals surface area contributed by atoms with Crippen LogP contribution in [0.2, 0.25) is 0 Å². The van der Waals surface area contributed by atoms with E-state index in [1.54, 1.807) is 18.1 Å².